The number of aryl methyl sites for hydroxylation is 1. The smallest absolute Gasteiger partial charge is 0.225 e. The van der Waals surface area contributed by atoms with Gasteiger partial charge in [0, 0.05) is 37.3 Å². The van der Waals surface area contributed by atoms with Crippen molar-refractivity contribution in [2.24, 2.45) is 0 Å². The van der Waals surface area contributed by atoms with Crippen molar-refractivity contribution < 1.29 is 14.3 Å². The average Bonchev–Trinajstić information content (AvgIpc) is 2.75. The molecule has 154 valence electrons. The maximum atomic E-state index is 12.3. The van der Waals surface area contributed by atoms with E-state index in [4.69, 9.17) is 14.5 Å². The van der Waals surface area contributed by atoms with E-state index >= 15 is 0 Å². The zero-order valence-corrected chi connectivity index (χ0v) is 16.9. The van der Waals surface area contributed by atoms with E-state index < -0.39 is 0 Å². The van der Waals surface area contributed by atoms with E-state index in [9.17, 15) is 4.79 Å². The molecule has 0 radical (unpaired) electrons. The summed E-state index contributed by atoms with van der Waals surface area (Å²) in [5, 5.41) is 3.14. The molecule has 4 rings (SSSR count). The van der Waals surface area contributed by atoms with Gasteiger partial charge >= 0.3 is 0 Å². The number of hydrogen-bond acceptors (Lipinski definition) is 6. The van der Waals surface area contributed by atoms with E-state index in [1.165, 1.54) is 0 Å². The lowest BCUT2D eigenvalue weighted by Crippen LogP contribution is -2.45. The SMILES string of the molecule is Cc1ccccc1OCCC(=O)NC1CCN(c2ncc3c(n2)CCOC3)CC1. The minimum atomic E-state index is 0.0436. The maximum absolute atomic E-state index is 12.3. The van der Waals surface area contributed by atoms with E-state index in [-0.39, 0.29) is 11.9 Å². The molecule has 1 aromatic heterocycles. The molecule has 1 fully saturated rings. The second-order valence-corrected chi connectivity index (χ2v) is 7.64. The van der Waals surface area contributed by atoms with Crippen LogP contribution in [-0.4, -0.2) is 48.2 Å². The Balaban J connectivity index is 1.20. The highest BCUT2D eigenvalue weighted by molar-refractivity contribution is 5.76. The molecule has 7 nitrogen and oxygen atoms in total. The fourth-order valence-corrected chi connectivity index (χ4v) is 3.77. The number of carbonyl (C=O) groups excluding carboxylic acids is 1. The van der Waals surface area contributed by atoms with Crippen LogP contribution >= 0.6 is 0 Å². The quantitative estimate of drug-likeness (QED) is 0.808. The van der Waals surface area contributed by atoms with Crippen molar-refractivity contribution in [2.75, 3.05) is 31.2 Å². The van der Waals surface area contributed by atoms with E-state index in [1.807, 2.05) is 37.4 Å². The van der Waals surface area contributed by atoms with Crippen LogP contribution in [0.4, 0.5) is 5.95 Å². The van der Waals surface area contributed by atoms with Crippen LogP contribution in [0.5, 0.6) is 5.75 Å². The van der Waals surface area contributed by atoms with Crippen LogP contribution in [-0.2, 0) is 22.6 Å². The first kappa shape index (κ1) is 19.6. The molecule has 2 aliphatic rings. The topological polar surface area (TPSA) is 76.6 Å². The molecule has 2 aliphatic heterocycles. The number of nitrogens with one attached hydrogen (secondary N) is 1. The molecule has 0 atom stereocenters. The van der Waals surface area contributed by atoms with Gasteiger partial charge in [-0.1, -0.05) is 18.2 Å². The van der Waals surface area contributed by atoms with Gasteiger partial charge in [-0.2, -0.15) is 0 Å². The normalized spacial score (nSPS) is 16.9. The molecule has 1 N–H and O–H groups in total. The number of ether oxygens (including phenoxy) is 2. The summed E-state index contributed by atoms with van der Waals surface area (Å²) in [6.45, 7) is 5.42. The van der Waals surface area contributed by atoms with Gasteiger partial charge in [-0.3, -0.25) is 4.79 Å². The van der Waals surface area contributed by atoms with Crippen molar-refractivity contribution in [3.8, 4) is 5.75 Å². The predicted octanol–water partition coefficient (Wildman–Crippen LogP) is 2.41. The highest BCUT2D eigenvalue weighted by atomic mass is 16.5. The van der Waals surface area contributed by atoms with Gasteiger partial charge in [-0.15, -0.1) is 0 Å². The van der Waals surface area contributed by atoms with E-state index in [1.54, 1.807) is 0 Å². The molecule has 1 saturated heterocycles. The van der Waals surface area contributed by atoms with Crippen LogP contribution in [0, 0.1) is 6.92 Å². The van der Waals surface area contributed by atoms with Gasteiger partial charge in [0.15, 0.2) is 0 Å². The molecule has 0 spiro atoms. The Morgan fingerprint density at radius 1 is 1.31 bits per heavy atom. The van der Waals surface area contributed by atoms with Crippen molar-refractivity contribution >= 4 is 11.9 Å². The van der Waals surface area contributed by atoms with Crippen LogP contribution in [0.15, 0.2) is 30.5 Å². The van der Waals surface area contributed by atoms with Gasteiger partial charge in [0.2, 0.25) is 11.9 Å². The molecule has 3 heterocycles. The van der Waals surface area contributed by atoms with E-state index in [0.29, 0.717) is 19.6 Å². The van der Waals surface area contributed by atoms with Crippen LogP contribution in [0.25, 0.3) is 0 Å². The molecule has 1 aromatic carbocycles. The summed E-state index contributed by atoms with van der Waals surface area (Å²) in [6, 6.07) is 8.05. The van der Waals surface area contributed by atoms with Crippen LogP contribution in [0.3, 0.4) is 0 Å². The first-order valence-electron chi connectivity index (χ1n) is 10.3. The second-order valence-electron chi connectivity index (χ2n) is 7.64. The number of hydrogen-bond donors (Lipinski definition) is 1. The first-order valence-corrected chi connectivity index (χ1v) is 10.3. The van der Waals surface area contributed by atoms with Crippen LogP contribution < -0.4 is 15.0 Å². The third-order valence-electron chi connectivity index (χ3n) is 5.51. The first-order chi connectivity index (χ1) is 14.2. The van der Waals surface area contributed by atoms with Gasteiger partial charge in [0.1, 0.15) is 5.75 Å². The lowest BCUT2D eigenvalue weighted by Gasteiger charge is -2.33. The van der Waals surface area contributed by atoms with Crippen LogP contribution in [0.1, 0.15) is 36.1 Å². The van der Waals surface area contributed by atoms with Crippen molar-refractivity contribution in [2.45, 2.75) is 45.3 Å². The van der Waals surface area contributed by atoms with Gasteiger partial charge < -0.3 is 19.7 Å². The standard InChI is InChI=1S/C22H28N4O3/c1-16-4-2-3-5-20(16)29-13-9-21(27)24-18-6-10-26(11-7-18)22-23-14-17-15-28-12-8-19(17)25-22/h2-5,14,18H,6-13,15H2,1H3,(H,24,27). The van der Waals surface area contributed by atoms with Gasteiger partial charge in [0.05, 0.1) is 31.9 Å². The number of aromatic nitrogens is 2. The number of rotatable bonds is 6. The lowest BCUT2D eigenvalue weighted by molar-refractivity contribution is -0.122. The fourth-order valence-electron chi connectivity index (χ4n) is 3.77. The summed E-state index contributed by atoms with van der Waals surface area (Å²) in [5.74, 6) is 1.68. The molecule has 29 heavy (non-hydrogen) atoms. The Morgan fingerprint density at radius 2 is 2.14 bits per heavy atom. The summed E-state index contributed by atoms with van der Waals surface area (Å²) in [5.41, 5.74) is 3.28. The fraction of sp³-hybridized carbons (Fsp3) is 0.500. The Kier molecular flexibility index (Phi) is 6.24. The van der Waals surface area contributed by atoms with Gasteiger partial charge in [-0.25, -0.2) is 9.97 Å². The van der Waals surface area contributed by atoms with Crippen molar-refractivity contribution in [3.05, 3.63) is 47.3 Å². The molecule has 0 bridgehead atoms. The van der Waals surface area contributed by atoms with Gasteiger partial charge in [0.25, 0.3) is 0 Å². The molecule has 0 unspecified atom stereocenters. The summed E-state index contributed by atoms with van der Waals surface area (Å²) in [6.07, 6.45) is 4.90. The monoisotopic (exact) mass is 396 g/mol. The van der Waals surface area contributed by atoms with E-state index in [2.05, 4.69) is 15.2 Å². The number of benzene rings is 1. The highest BCUT2D eigenvalue weighted by Crippen LogP contribution is 2.20. The Bertz CT molecular complexity index is 850. The van der Waals surface area contributed by atoms with Crippen molar-refractivity contribution in [3.63, 3.8) is 0 Å². The highest BCUT2D eigenvalue weighted by Gasteiger charge is 2.23. The predicted molar refractivity (Wildman–Crippen MR) is 110 cm³/mol. The molecule has 7 heteroatoms. The Morgan fingerprint density at radius 3 is 2.97 bits per heavy atom. The number of amides is 1. The summed E-state index contributed by atoms with van der Waals surface area (Å²) < 4.78 is 11.2. The molecule has 1 amide bonds. The number of piperidine rings is 1. The zero-order valence-electron chi connectivity index (χ0n) is 16.9. The van der Waals surface area contributed by atoms with Gasteiger partial charge in [-0.05, 0) is 31.4 Å². The maximum Gasteiger partial charge on any atom is 0.225 e. The van der Waals surface area contributed by atoms with Crippen molar-refractivity contribution in [1.82, 2.24) is 15.3 Å². The van der Waals surface area contributed by atoms with Crippen molar-refractivity contribution in [1.29, 1.82) is 0 Å². The molecule has 0 saturated carbocycles. The second kappa shape index (κ2) is 9.22. The number of anilines is 1. The molecule has 2 aromatic rings. The summed E-state index contributed by atoms with van der Waals surface area (Å²) in [4.78, 5) is 23.7. The number of fused-ring (bicyclic) bond motifs is 1. The molecular weight excluding hydrogens is 368 g/mol. The lowest BCUT2D eigenvalue weighted by atomic mass is 10.1. The largest absolute Gasteiger partial charge is 0.493 e. The zero-order chi connectivity index (χ0) is 20.1. The Labute approximate surface area is 171 Å². The summed E-state index contributed by atoms with van der Waals surface area (Å²) in [7, 11) is 0. The van der Waals surface area contributed by atoms with Crippen LogP contribution in [0.2, 0.25) is 0 Å². The third kappa shape index (κ3) is 5.03. The van der Waals surface area contributed by atoms with E-state index in [0.717, 1.165) is 67.5 Å². The Hall–Kier alpha value is -2.67. The minimum absolute atomic E-state index is 0.0436. The summed E-state index contributed by atoms with van der Waals surface area (Å²) >= 11 is 0. The number of carbonyl (C=O) groups is 1. The molecule has 0 aliphatic carbocycles. The number of para-hydroxylation sites is 1. The minimum Gasteiger partial charge on any atom is -0.493 e. The average molecular weight is 396 g/mol. The number of nitrogens with zero attached hydrogens (tertiary/aromatic N) is 3. The third-order valence-corrected chi connectivity index (χ3v) is 5.51. The molecular formula is C22H28N4O3.